The minimum absolute atomic E-state index is 0.0698. The van der Waals surface area contributed by atoms with Gasteiger partial charge >= 0.3 is 17.9 Å². The largest absolute Gasteiger partial charge is 0.462 e. The fourth-order valence-corrected chi connectivity index (χ4v) is 10.7. The van der Waals surface area contributed by atoms with Crippen molar-refractivity contribution in [2.24, 2.45) is 0 Å². The van der Waals surface area contributed by atoms with E-state index in [9.17, 15) is 14.4 Å². The Morgan fingerprint density at radius 1 is 0.259 bits per heavy atom. The van der Waals surface area contributed by atoms with Crippen molar-refractivity contribution in [1.29, 1.82) is 0 Å². The Bertz CT molecular complexity index is 1440. The number of esters is 3. The number of hydrogen-bond donors (Lipinski definition) is 0. The highest BCUT2D eigenvalue weighted by molar-refractivity contribution is 5.71. The molecule has 6 nitrogen and oxygen atoms in total. The number of rotatable bonds is 66. The second-order valence-corrected chi connectivity index (χ2v) is 24.1. The molecule has 0 radical (unpaired) electrons. The zero-order chi connectivity index (χ0) is 58.5. The number of hydrogen-bond acceptors (Lipinski definition) is 6. The first-order chi connectivity index (χ1) is 40.0. The van der Waals surface area contributed by atoms with E-state index in [1.165, 1.54) is 257 Å². The average Bonchev–Trinajstić information content (AvgIpc) is 3.47. The standard InChI is InChI=1S/C75H136O6/c1-4-7-10-13-16-19-22-25-28-31-33-34-35-36-37-38-39-40-41-42-43-45-47-50-53-56-59-62-65-68-74(77)80-71-72(70-79-73(76)67-64-61-58-55-52-49-46-30-27-24-21-18-15-12-9-6-3)81-75(78)69-66-63-60-57-54-51-48-44-32-29-26-23-20-17-14-11-8-5-2/h7,10,16,19,25,28-29,32-34,72H,4-6,8-9,11-15,17-18,20-24,26-27,30-31,35-71H2,1-3H3/b10-7-,19-16-,28-25-,32-29-,34-33-. The minimum Gasteiger partial charge on any atom is -0.462 e. The highest BCUT2D eigenvalue weighted by atomic mass is 16.6. The SMILES string of the molecule is CC/C=C\C/C=C\C/C=C\C/C=C\CCCCCCCCCCCCCCCCCCC(=O)OCC(COC(=O)CCCCCCCCCCCCCCCCCC)OC(=O)CCCCCCCCC/C=C\CCCCCCCCC. The fourth-order valence-electron chi connectivity index (χ4n) is 10.7. The molecule has 0 aromatic rings. The lowest BCUT2D eigenvalue weighted by Crippen LogP contribution is -2.30. The van der Waals surface area contributed by atoms with Gasteiger partial charge in [-0.15, -0.1) is 0 Å². The Balaban J connectivity index is 4.24. The van der Waals surface area contributed by atoms with Crippen molar-refractivity contribution in [2.45, 2.75) is 386 Å². The predicted molar refractivity (Wildman–Crippen MR) is 353 cm³/mol. The fraction of sp³-hybridized carbons (Fsp3) is 0.827. The van der Waals surface area contributed by atoms with E-state index < -0.39 is 6.10 Å². The first kappa shape index (κ1) is 78.1. The van der Waals surface area contributed by atoms with Crippen LogP contribution >= 0.6 is 0 Å². The summed E-state index contributed by atoms with van der Waals surface area (Å²) >= 11 is 0. The molecule has 0 saturated heterocycles. The molecule has 0 rings (SSSR count). The van der Waals surface area contributed by atoms with Crippen LogP contribution in [0.15, 0.2) is 60.8 Å². The molecule has 0 amide bonds. The molecule has 0 heterocycles. The number of allylic oxidation sites excluding steroid dienone is 10. The molecule has 0 saturated carbocycles. The van der Waals surface area contributed by atoms with Crippen molar-refractivity contribution in [3.8, 4) is 0 Å². The third-order valence-corrected chi connectivity index (χ3v) is 16.0. The van der Waals surface area contributed by atoms with Gasteiger partial charge in [0.15, 0.2) is 6.10 Å². The molecule has 0 aromatic heterocycles. The molecule has 6 heteroatoms. The second kappa shape index (κ2) is 69.6. The van der Waals surface area contributed by atoms with Gasteiger partial charge in [-0.05, 0) is 83.5 Å². The number of unbranched alkanes of at least 4 members (excludes halogenated alkanes) is 45. The Morgan fingerprint density at radius 2 is 0.481 bits per heavy atom. The summed E-state index contributed by atoms with van der Waals surface area (Å²) in [5.41, 5.74) is 0. The molecule has 0 aliphatic carbocycles. The van der Waals surface area contributed by atoms with Crippen LogP contribution in [0.5, 0.6) is 0 Å². The number of carbonyl (C=O) groups excluding carboxylic acids is 3. The highest BCUT2D eigenvalue weighted by Crippen LogP contribution is 2.18. The van der Waals surface area contributed by atoms with E-state index in [0.717, 1.165) is 83.5 Å². The molecule has 0 spiro atoms. The van der Waals surface area contributed by atoms with Crippen molar-refractivity contribution >= 4 is 17.9 Å². The molecule has 1 atom stereocenters. The van der Waals surface area contributed by atoms with Gasteiger partial charge in [-0.3, -0.25) is 14.4 Å². The molecule has 0 fully saturated rings. The molecule has 0 aromatic carbocycles. The van der Waals surface area contributed by atoms with E-state index in [2.05, 4.69) is 81.5 Å². The van der Waals surface area contributed by atoms with E-state index in [-0.39, 0.29) is 31.1 Å². The monoisotopic (exact) mass is 1130 g/mol. The van der Waals surface area contributed by atoms with Crippen LogP contribution in [0, 0.1) is 0 Å². The number of carbonyl (C=O) groups is 3. The topological polar surface area (TPSA) is 78.9 Å². The molecule has 0 bridgehead atoms. The van der Waals surface area contributed by atoms with E-state index in [0.29, 0.717) is 19.3 Å². The number of ether oxygens (including phenoxy) is 3. The lowest BCUT2D eigenvalue weighted by atomic mass is 10.0. The van der Waals surface area contributed by atoms with Gasteiger partial charge in [0.2, 0.25) is 0 Å². The summed E-state index contributed by atoms with van der Waals surface area (Å²) in [5, 5.41) is 0. The maximum atomic E-state index is 12.9. The van der Waals surface area contributed by atoms with Crippen LogP contribution in [-0.4, -0.2) is 37.2 Å². The molecular formula is C75H136O6. The molecule has 472 valence electrons. The van der Waals surface area contributed by atoms with Gasteiger partial charge in [-0.1, -0.05) is 338 Å². The van der Waals surface area contributed by atoms with E-state index in [1.807, 2.05) is 0 Å². The molecule has 1 unspecified atom stereocenters. The summed E-state index contributed by atoms with van der Waals surface area (Å²) in [6.45, 7) is 6.59. The van der Waals surface area contributed by atoms with Crippen LogP contribution in [0.4, 0.5) is 0 Å². The van der Waals surface area contributed by atoms with Crippen molar-refractivity contribution in [3.63, 3.8) is 0 Å². The lowest BCUT2D eigenvalue weighted by molar-refractivity contribution is -0.167. The predicted octanol–water partition coefficient (Wildman–Crippen LogP) is 24.7. The third-order valence-electron chi connectivity index (χ3n) is 16.0. The smallest absolute Gasteiger partial charge is 0.306 e. The van der Waals surface area contributed by atoms with Crippen LogP contribution < -0.4 is 0 Å². The maximum Gasteiger partial charge on any atom is 0.306 e. The zero-order valence-electron chi connectivity index (χ0n) is 54.3. The molecule has 81 heavy (non-hydrogen) atoms. The van der Waals surface area contributed by atoms with Gasteiger partial charge in [0.1, 0.15) is 13.2 Å². The first-order valence-corrected chi connectivity index (χ1v) is 35.8. The molecule has 0 N–H and O–H groups in total. The zero-order valence-corrected chi connectivity index (χ0v) is 54.3. The lowest BCUT2D eigenvalue weighted by Gasteiger charge is -2.18. The third kappa shape index (κ3) is 67.8. The minimum atomic E-state index is -0.774. The van der Waals surface area contributed by atoms with Crippen LogP contribution in [0.2, 0.25) is 0 Å². The maximum absolute atomic E-state index is 12.9. The van der Waals surface area contributed by atoms with Gasteiger partial charge in [0, 0.05) is 19.3 Å². The molecule has 0 aliphatic heterocycles. The summed E-state index contributed by atoms with van der Waals surface area (Å²) in [4.78, 5) is 38.5. The Morgan fingerprint density at radius 3 is 0.765 bits per heavy atom. The van der Waals surface area contributed by atoms with Gasteiger partial charge in [0.05, 0.1) is 0 Å². The Hall–Kier alpha value is -2.89. The van der Waals surface area contributed by atoms with Crippen LogP contribution in [-0.2, 0) is 28.6 Å². The van der Waals surface area contributed by atoms with Crippen molar-refractivity contribution < 1.29 is 28.6 Å². The quantitative estimate of drug-likeness (QED) is 0.0261. The van der Waals surface area contributed by atoms with Gasteiger partial charge in [-0.25, -0.2) is 0 Å². The van der Waals surface area contributed by atoms with Crippen LogP contribution in [0.3, 0.4) is 0 Å². The molecule has 0 aliphatic rings. The van der Waals surface area contributed by atoms with Crippen molar-refractivity contribution in [2.75, 3.05) is 13.2 Å². The Labute approximate surface area is 504 Å². The average molecular weight is 1130 g/mol. The normalized spacial score (nSPS) is 12.4. The van der Waals surface area contributed by atoms with Crippen molar-refractivity contribution in [1.82, 2.24) is 0 Å². The second-order valence-electron chi connectivity index (χ2n) is 24.1. The van der Waals surface area contributed by atoms with Crippen LogP contribution in [0.25, 0.3) is 0 Å². The van der Waals surface area contributed by atoms with Crippen molar-refractivity contribution in [3.05, 3.63) is 60.8 Å². The van der Waals surface area contributed by atoms with Gasteiger partial charge in [0.25, 0.3) is 0 Å². The highest BCUT2D eigenvalue weighted by Gasteiger charge is 2.19. The Kier molecular flexibility index (Phi) is 67.1. The summed E-state index contributed by atoms with van der Waals surface area (Å²) in [6, 6.07) is 0. The first-order valence-electron chi connectivity index (χ1n) is 35.8. The summed E-state index contributed by atoms with van der Waals surface area (Å²) < 4.78 is 17.0. The van der Waals surface area contributed by atoms with E-state index >= 15 is 0 Å². The summed E-state index contributed by atoms with van der Waals surface area (Å²) in [5.74, 6) is -0.847. The van der Waals surface area contributed by atoms with E-state index in [1.54, 1.807) is 0 Å². The van der Waals surface area contributed by atoms with Gasteiger partial charge < -0.3 is 14.2 Å². The summed E-state index contributed by atoms with van der Waals surface area (Å²) in [7, 11) is 0. The molecular weight excluding hydrogens is 997 g/mol. The summed E-state index contributed by atoms with van der Waals surface area (Å²) in [6.07, 6.45) is 89.6. The van der Waals surface area contributed by atoms with E-state index in [4.69, 9.17) is 14.2 Å². The van der Waals surface area contributed by atoms with Crippen LogP contribution in [0.1, 0.15) is 380 Å². The van der Waals surface area contributed by atoms with Gasteiger partial charge in [-0.2, -0.15) is 0 Å².